The number of sulfonamides is 1. The first-order valence-electron chi connectivity index (χ1n) is 11.5. The van der Waals surface area contributed by atoms with E-state index in [2.05, 4.69) is 54.0 Å². The van der Waals surface area contributed by atoms with Crippen LogP contribution in [0.2, 0.25) is 0 Å². The van der Waals surface area contributed by atoms with Crippen LogP contribution in [0.5, 0.6) is 0 Å². The minimum Gasteiger partial charge on any atom is -0.364 e. The molecule has 3 heterocycles. The van der Waals surface area contributed by atoms with Gasteiger partial charge in [0.05, 0.1) is 30.6 Å². The lowest BCUT2D eigenvalue weighted by Gasteiger charge is -2.32. The molecule has 0 aliphatic carbocycles. The van der Waals surface area contributed by atoms with E-state index in [4.69, 9.17) is 0 Å². The average Bonchev–Trinajstić information content (AvgIpc) is 3.53. The second-order valence-electron chi connectivity index (χ2n) is 8.74. The van der Waals surface area contributed by atoms with Gasteiger partial charge in [-0.2, -0.15) is 4.31 Å². The Morgan fingerprint density at radius 1 is 1.08 bits per heavy atom. The molecule has 0 saturated heterocycles. The van der Waals surface area contributed by atoms with Crippen molar-refractivity contribution < 1.29 is 8.42 Å². The van der Waals surface area contributed by atoms with E-state index in [9.17, 15) is 8.42 Å². The summed E-state index contributed by atoms with van der Waals surface area (Å²) < 4.78 is 32.0. The van der Waals surface area contributed by atoms with Gasteiger partial charge in [-0.1, -0.05) is 46.3 Å². The van der Waals surface area contributed by atoms with Gasteiger partial charge in [-0.3, -0.25) is 0 Å². The second kappa shape index (κ2) is 12.9. The van der Waals surface area contributed by atoms with E-state index >= 15 is 0 Å². The summed E-state index contributed by atoms with van der Waals surface area (Å²) in [4.78, 5) is 13.7. The molecule has 2 aromatic heterocycles. The Morgan fingerprint density at radius 2 is 1.89 bits per heavy atom. The summed E-state index contributed by atoms with van der Waals surface area (Å²) in [5.41, 5.74) is 4.10. The maximum Gasteiger partial charge on any atom is 0.216 e. The molecule has 1 aliphatic rings. The number of aryl methyl sites for hydroxylation is 1. The topological polar surface area (TPSA) is 87.1 Å². The van der Waals surface area contributed by atoms with Crippen molar-refractivity contribution in [1.82, 2.24) is 23.8 Å². The number of aromatic amines is 1. The van der Waals surface area contributed by atoms with E-state index in [1.807, 2.05) is 36.5 Å². The Balaban J connectivity index is 0.00000190. The number of hydrogen-bond acceptors (Lipinski definition) is 5. The fourth-order valence-electron chi connectivity index (χ4n) is 4.59. The van der Waals surface area contributed by atoms with Crippen LogP contribution in [0.25, 0.3) is 0 Å². The fourth-order valence-corrected chi connectivity index (χ4v) is 6.61. The zero-order chi connectivity index (χ0) is 24.3. The Labute approximate surface area is 238 Å². The first kappa shape index (κ1) is 29.2. The summed E-state index contributed by atoms with van der Waals surface area (Å²) in [5, 5.41) is 0. The fraction of sp³-hybridized carbons (Fsp3) is 0.280. The molecule has 5 rings (SSSR count). The lowest BCUT2D eigenvalue weighted by Crippen LogP contribution is -2.46. The number of H-pyrrole nitrogens is 1. The maximum absolute atomic E-state index is 13.8. The van der Waals surface area contributed by atoms with Crippen molar-refractivity contribution in [2.75, 3.05) is 17.2 Å². The molecule has 37 heavy (non-hydrogen) atoms. The molecule has 198 valence electrons. The quantitative estimate of drug-likeness (QED) is 0.307. The molecule has 0 spiro atoms. The molecule has 12 heteroatoms. The van der Waals surface area contributed by atoms with Crippen LogP contribution in [0.3, 0.4) is 0 Å². The largest absolute Gasteiger partial charge is 0.364 e. The third-order valence-corrected chi connectivity index (χ3v) is 8.63. The Kier molecular flexibility index (Phi) is 10.2. The van der Waals surface area contributed by atoms with Gasteiger partial charge in [0, 0.05) is 54.4 Å². The number of nitrogens with zero attached hydrogens (tertiary/aromatic N) is 5. The Hall–Kier alpha value is -2.37. The van der Waals surface area contributed by atoms with E-state index in [0.29, 0.717) is 32.6 Å². The summed E-state index contributed by atoms with van der Waals surface area (Å²) >= 11 is 3.58. The molecule has 0 amide bonds. The number of benzene rings is 2. The van der Waals surface area contributed by atoms with E-state index < -0.39 is 10.0 Å². The van der Waals surface area contributed by atoms with E-state index in [1.165, 1.54) is 0 Å². The lowest BCUT2D eigenvalue weighted by molar-refractivity contribution is 0.317. The minimum atomic E-state index is -3.57. The third-order valence-electron chi connectivity index (χ3n) is 6.30. The Bertz CT molecular complexity index is 1360. The van der Waals surface area contributed by atoms with Crippen LogP contribution in [0, 0.1) is 0 Å². The summed E-state index contributed by atoms with van der Waals surface area (Å²) in [7, 11) is -3.57. The first-order valence-corrected chi connectivity index (χ1v) is 13.9. The molecule has 4 aromatic rings. The van der Waals surface area contributed by atoms with Crippen molar-refractivity contribution in [3.63, 3.8) is 0 Å². The lowest BCUT2D eigenvalue weighted by atomic mass is 10.1. The Morgan fingerprint density at radius 3 is 2.59 bits per heavy atom. The van der Waals surface area contributed by atoms with Gasteiger partial charge in [-0.15, -0.1) is 24.8 Å². The number of aromatic nitrogens is 4. The van der Waals surface area contributed by atoms with Gasteiger partial charge in [-0.05, 0) is 35.7 Å². The molecule has 0 radical (unpaired) electrons. The molecule has 0 unspecified atom stereocenters. The minimum absolute atomic E-state index is 0. The normalized spacial score (nSPS) is 15.8. The number of rotatable bonds is 8. The highest BCUT2D eigenvalue weighted by Crippen LogP contribution is 2.33. The van der Waals surface area contributed by atoms with Crippen LogP contribution in [-0.4, -0.2) is 50.6 Å². The molecule has 1 aliphatic heterocycles. The van der Waals surface area contributed by atoms with Gasteiger partial charge >= 0.3 is 0 Å². The predicted octanol–water partition coefficient (Wildman–Crippen LogP) is 4.68. The van der Waals surface area contributed by atoms with Crippen molar-refractivity contribution in [2.24, 2.45) is 0 Å². The molecule has 8 nitrogen and oxygen atoms in total. The smallest absolute Gasteiger partial charge is 0.216 e. The molecule has 1 atom stereocenters. The second-order valence-corrected chi connectivity index (χ2v) is 11.7. The van der Waals surface area contributed by atoms with Crippen LogP contribution in [0.4, 0.5) is 5.69 Å². The third kappa shape index (κ3) is 7.14. The molecule has 0 fully saturated rings. The zero-order valence-electron chi connectivity index (χ0n) is 20.0. The number of nitrogens with one attached hydrogen (secondary N) is 1. The standard InChI is InChI=1S/C25H27BrN6O2S.2ClH/c26-22-6-7-25-21(13-22)15-32(35(33,34)11-10-30-9-8-27-19-30)24(12-20-4-2-1-3-5-20)17-31(25)16-23-14-28-18-29-23;;/h1-9,13-14,18-19,24H,10-12,15-17H2,(H,28,29);2*1H/t24-;;/m1../s1. The van der Waals surface area contributed by atoms with Gasteiger partial charge in [0.25, 0.3) is 0 Å². The highest BCUT2D eigenvalue weighted by Gasteiger charge is 2.35. The van der Waals surface area contributed by atoms with Gasteiger partial charge in [0.1, 0.15) is 0 Å². The van der Waals surface area contributed by atoms with Gasteiger partial charge < -0.3 is 14.5 Å². The molecular weight excluding hydrogens is 599 g/mol. The summed E-state index contributed by atoms with van der Waals surface area (Å²) in [6.07, 6.45) is 9.22. The van der Waals surface area contributed by atoms with Crippen molar-refractivity contribution >= 4 is 56.5 Å². The first-order chi connectivity index (χ1) is 17.0. The van der Waals surface area contributed by atoms with Crippen LogP contribution < -0.4 is 4.90 Å². The van der Waals surface area contributed by atoms with Crippen LogP contribution in [0.1, 0.15) is 16.8 Å². The van der Waals surface area contributed by atoms with Crippen molar-refractivity contribution in [3.8, 4) is 0 Å². The number of hydrogen-bond donors (Lipinski definition) is 1. The van der Waals surface area contributed by atoms with Gasteiger partial charge in [0.2, 0.25) is 10.0 Å². The molecule has 0 bridgehead atoms. The SMILES string of the molecule is Cl.Cl.O=S(=O)(CCn1ccnc1)N1Cc2cc(Br)ccc2N(Cc2cnc[nH]2)C[C@H]1Cc1ccccc1. The number of anilines is 1. The average molecular weight is 628 g/mol. The molecule has 0 saturated carbocycles. The molecule has 1 N–H and O–H groups in total. The summed E-state index contributed by atoms with van der Waals surface area (Å²) in [6, 6.07) is 16.0. The number of halogens is 3. The number of fused-ring (bicyclic) bond motifs is 1. The summed E-state index contributed by atoms with van der Waals surface area (Å²) in [6.45, 7) is 1.85. The maximum atomic E-state index is 13.8. The van der Waals surface area contributed by atoms with E-state index in [0.717, 1.165) is 27.0 Å². The van der Waals surface area contributed by atoms with E-state index in [-0.39, 0.29) is 36.6 Å². The highest BCUT2D eigenvalue weighted by molar-refractivity contribution is 9.10. The number of imidazole rings is 2. The van der Waals surface area contributed by atoms with Gasteiger partial charge in [-0.25, -0.2) is 18.4 Å². The van der Waals surface area contributed by atoms with Crippen molar-refractivity contribution in [1.29, 1.82) is 0 Å². The van der Waals surface area contributed by atoms with Crippen molar-refractivity contribution in [3.05, 3.63) is 101 Å². The molecule has 2 aromatic carbocycles. The van der Waals surface area contributed by atoms with Crippen LogP contribution in [0.15, 0.2) is 84.2 Å². The van der Waals surface area contributed by atoms with Crippen LogP contribution >= 0.6 is 40.7 Å². The monoisotopic (exact) mass is 626 g/mol. The van der Waals surface area contributed by atoms with Crippen molar-refractivity contribution in [2.45, 2.75) is 32.1 Å². The van der Waals surface area contributed by atoms with Gasteiger partial charge in [0.15, 0.2) is 0 Å². The predicted molar refractivity (Wildman–Crippen MR) is 154 cm³/mol. The van der Waals surface area contributed by atoms with Crippen LogP contribution in [-0.2, 0) is 36.1 Å². The molecular formula is C25H29BrCl2N6O2S. The highest BCUT2D eigenvalue weighted by atomic mass is 79.9. The van der Waals surface area contributed by atoms with E-state index in [1.54, 1.807) is 33.9 Å². The zero-order valence-corrected chi connectivity index (χ0v) is 24.0. The summed E-state index contributed by atoms with van der Waals surface area (Å²) in [5.74, 6) is 0.0124.